The maximum atomic E-state index is 11.0. The summed E-state index contributed by atoms with van der Waals surface area (Å²) in [5.41, 5.74) is 1.64. The standard InChI is InChI=1S/C20H14N4O3/c25-18-11-10-14(24(26)27)12-17(18)22-20-15-8-4-5-9-16(15)21-19(23-20)13-6-2-1-3-7-13/h1-12,25H,(H,21,22,23). The van der Waals surface area contributed by atoms with Crippen molar-refractivity contribution in [2.24, 2.45) is 0 Å². The Morgan fingerprint density at radius 3 is 2.44 bits per heavy atom. The van der Waals surface area contributed by atoms with Gasteiger partial charge in [0.1, 0.15) is 11.6 Å². The first-order chi connectivity index (χ1) is 13.1. The zero-order chi connectivity index (χ0) is 18.8. The maximum absolute atomic E-state index is 11.0. The van der Waals surface area contributed by atoms with Gasteiger partial charge in [-0.15, -0.1) is 0 Å². The van der Waals surface area contributed by atoms with Crippen molar-refractivity contribution in [2.75, 3.05) is 5.32 Å². The first-order valence-electron chi connectivity index (χ1n) is 8.18. The number of phenolic OH excluding ortho intramolecular Hbond substituents is 1. The molecule has 4 rings (SSSR count). The number of benzene rings is 3. The molecule has 0 bridgehead atoms. The Bertz CT molecular complexity index is 1150. The van der Waals surface area contributed by atoms with Gasteiger partial charge in [-0.05, 0) is 18.2 Å². The second-order valence-electron chi connectivity index (χ2n) is 5.86. The van der Waals surface area contributed by atoms with Crippen LogP contribution in [0.1, 0.15) is 0 Å². The van der Waals surface area contributed by atoms with Crippen LogP contribution in [0.15, 0.2) is 72.8 Å². The number of nitro benzene ring substituents is 1. The van der Waals surface area contributed by atoms with Crippen LogP contribution in [-0.2, 0) is 0 Å². The average molecular weight is 358 g/mol. The van der Waals surface area contributed by atoms with Gasteiger partial charge in [0, 0.05) is 23.1 Å². The third-order valence-corrected chi connectivity index (χ3v) is 4.08. The lowest BCUT2D eigenvalue weighted by atomic mass is 10.1. The van der Waals surface area contributed by atoms with Gasteiger partial charge in [-0.2, -0.15) is 0 Å². The number of phenols is 1. The van der Waals surface area contributed by atoms with E-state index in [0.717, 1.165) is 16.5 Å². The summed E-state index contributed by atoms with van der Waals surface area (Å²) in [7, 11) is 0. The predicted molar refractivity (Wildman–Crippen MR) is 103 cm³/mol. The summed E-state index contributed by atoms with van der Waals surface area (Å²) in [6.07, 6.45) is 0. The van der Waals surface area contributed by atoms with Crippen LogP contribution >= 0.6 is 0 Å². The Balaban J connectivity index is 1.86. The molecule has 1 heterocycles. The second kappa shape index (κ2) is 6.72. The molecule has 7 nitrogen and oxygen atoms in total. The first kappa shape index (κ1) is 16.5. The Labute approximate surface area is 154 Å². The number of hydrogen-bond donors (Lipinski definition) is 2. The Morgan fingerprint density at radius 1 is 0.926 bits per heavy atom. The number of non-ortho nitro benzene ring substituents is 1. The van der Waals surface area contributed by atoms with Crippen LogP contribution in [0.5, 0.6) is 5.75 Å². The molecule has 0 amide bonds. The second-order valence-corrected chi connectivity index (χ2v) is 5.86. The normalized spacial score (nSPS) is 10.7. The molecule has 0 aliphatic heterocycles. The van der Waals surface area contributed by atoms with Crippen LogP contribution in [0, 0.1) is 10.1 Å². The molecular weight excluding hydrogens is 344 g/mol. The molecule has 3 aromatic carbocycles. The van der Waals surface area contributed by atoms with Crippen LogP contribution in [0.25, 0.3) is 22.3 Å². The van der Waals surface area contributed by atoms with E-state index in [0.29, 0.717) is 11.6 Å². The molecule has 0 saturated carbocycles. The SMILES string of the molecule is O=[N+]([O-])c1ccc(O)c(Nc2nc(-c3ccccc3)nc3ccccc23)c1. The molecule has 0 atom stereocenters. The van der Waals surface area contributed by atoms with Crippen molar-refractivity contribution in [3.05, 3.63) is 82.9 Å². The first-order valence-corrected chi connectivity index (χ1v) is 8.18. The molecular formula is C20H14N4O3. The number of hydrogen-bond acceptors (Lipinski definition) is 6. The molecule has 4 aromatic rings. The van der Waals surface area contributed by atoms with Gasteiger partial charge < -0.3 is 10.4 Å². The Hall–Kier alpha value is -4.00. The number of rotatable bonds is 4. The maximum Gasteiger partial charge on any atom is 0.271 e. The highest BCUT2D eigenvalue weighted by molar-refractivity contribution is 5.92. The van der Waals surface area contributed by atoms with E-state index in [1.807, 2.05) is 54.6 Å². The van der Waals surface area contributed by atoms with E-state index in [9.17, 15) is 15.2 Å². The van der Waals surface area contributed by atoms with E-state index < -0.39 is 4.92 Å². The van der Waals surface area contributed by atoms with Crippen LogP contribution in [0.2, 0.25) is 0 Å². The van der Waals surface area contributed by atoms with Crippen molar-refractivity contribution in [2.45, 2.75) is 0 Å². The monoisotopic (exact) mass is 358 g/mol. The Kier molecular flexibility index (Phi) is 4.10. The van der Waals surface area contributed by atoms with Gasteiger partial charge in [0.2, 0.25) is 0 Å². The fourth-order valence-electron chi connectivity index (χ4n) is 2.75. The van der Waals surface area contributed by atoms with Crippen molar-refractivity contribution in [3.8, 4) is 17.1 Å². The van der Waals surface area contributed by atoms with E-state index >= 15 is 0 Å². The number of aromatic hydroxyl groups is 1. The van der Waals surface area contributed by atoms with Crippen LogP contribution in [0.3, 0.4) is 0 Å². The lowest BCUT2D eigenvalue weighted by molar-refractivity contribution is -0.384. The molecule has 0 saturated heterocycles. The molecule has 1 aromatic heterocycles. The summed E-state index contributed by atoms with van der Waals surface area (Å²) in [5.74, 6) is 0.863. The van der Waals surface area contributed by atoms with Gasteiger partial charge in [0.05, 0.1) is 16.1 Å². The number of nitro groups is 1. The molecule has 7 heteroatoms. The molecule has 0 aliphatic carbocycles. The van der Waals surface area contributed by atoms with Gasteiger partial charge in [-0.25, -0.2) is 9.97 Å². The Morgan fingerprint density at radius 2 is 1.67 bits per heavy atom. The van der Waals surface area contributed by atoms with Crippen molar-refractivity contribution in [1.29, 1.82) is 0 Å². The number of nitrogens with zero attached hydrogens (tertiary/aromatic N) is 3. The van der Waals surface area contributed by atoms with E-state index in [1.54, 1.807) is 0 Å². The lowest BCUT2D eigenvalue weighted by Crippen LogP contribution is -2.00. The van der Waals surface area contributed by atoms with Crippen molar-refractivity contribution in [1.82, 2.24) is 9.97 Å². The molecule has 0 radical (unpaired) electrons. The number of fused-ring (bicyclic) bond motifs is 1. The lowest BCUT2D eigenvalue weighted by Gasteiger charge is -2.12. The van der Waals surface area contributed by atoms with Crippen LogP contribution in [-0.4, -0.2) is 20.0 Å². The van der Waals surface area contributed by atoms with Crippen molar-refractivity contribution < 1.29 is 10.0 Å². The molecule has 2 N–H and O–H groups in total. The summed E-state index contributed by atoms with van der Waals surface area (Å²) in [4.78, 5) is 19.7. The van der Waals surface area contributed by atoms with E-state index in [2.05, 4.69) is 15.3 Å². The molecule has 0 unspecified atom stereocenters. The van der Waals surface area contributed by atoms with Crippen LogP contribution in [0.4, 0.5) is 17.2 Å². The number of para-hydroxylation sites is 1. The minimum absolute atomic E-state index is 0.107. The van der Waals surface area contributed by atoms with E-state index in [4.69, 9.17) is 0 Å². The molecule has 27 heavy (non-hydrogen) atoms. The zero-order valence-electron chi connectivity index (χ0n) is 14.0. The fraction of sp³-hybridized carbons (Fsp3) is 0. The summed E-state index contributed by atoms with van der Waals surface area (Å²) in [6.45, 7) is 0. The minimum atomic E-state index is -0.516. The van der Waals surface area contributed by atoms with E-state index in [1.165, 1.54) is 18.2 Å². The van der Waals surface area contributed by atoms with Gasteiger partial charge >= 0.3 is 0 Å². The molecule has 0 spiro atoms. The quantitative estimate of drug-likeness (QED) is 0.313. The third-order valence-electron chi connectivity index (χ3n) is 4.08. The summed E-state index contributed by atoms with van der Waals surface area (Å²) in [5, 5.41) is 24.9. The summed E-state index contributed by atoms with van der Waals surface area (Å²) in [6, 6.07) is 20.7. The van der Waals surface area contributed by atoms with Crippen molar-refractivity contribution in [3.63, 3.8) is 0 Å². The average Bonchev–Trinajstić information content (AvgIpc) is 2.70. The summed E-state index contributed by atoms with van der Waals surface area (Å²) < 4.78 is 0. The highest BCUT2D eigenvalue weighted by Crippen LogP contribution is 2.33. The van der Waals surface area contributed by atoms with Gasteiger partial charge in [-0.3, -0.25) is 10.1 Å². The van der Waals surface area contributed by atoms with E-state index in [-0.39, 0.29) is 17.1 Å². The fourth-order valence-corrected chi connectivity index (χ4v) is 2.75. The zero-order valence-corrected chi connectivity index (χ0v) is 14.0. The predicted octanol–water partition coefficient (Wildman–Crippen LogP) is 4.65. The van der Waals surface area contributed by atoms with Gasteiger partial charge in [-0.1, -0.05) is 42.5 Å². The topological polar surface area (TPSA) is 101 Å². The highest BCUT2D eigenvalue weighted by atomic mass is 16.6. The minimum Gasteiger partial charge on any atom is -0.506 e. The smallest absolute Gasteiger partial charge is 0.271 e. The van der Waals surface area contributed by atoms with Crippen molar-refractivity contribution >= 4 is 28.1 Å². The van der Waals surface area contributed by atoms with Gasteiger partial charge in [0.15, 0.2) is 5.82 Å². The third kappa shape index (κ3) is 3.25. The number of nitrogens with one attached hydrogen (secondary N) is 1. The number of aromatic nitrogens is 2. The molecule has 0 fully saturated rings. The number of anilines is 2. The summed E-state index contributed by atoms with van der Waals surface area (Å²) >= 11 is 0. The molecule has 132 valence electrons. The van der Waals surface area contributed by atoms with Gasteiger partial charge in [0.25, 0.3) is 5.69 Å². The highest BCUT2D eigenvalue weighted by Gasteiger charge is 2.14. The largest absolute Gasteiger partial charge is 0.506 e. The van der Waals surface area contributed by atoms with Crippen LogP contribution < -0.4 is 5.32 Å². The molecule has 0 aliphatic rings.